The van der Waals surface area contributed by atoms with Gasteiger partial charge in [0, 0.05) is 20.6 Å². The molecule has 0 aliphatic carbocycles. The molecule has 0 radical (unpaired) electrons. The van der Waals surface area contributed by atoms with Crippen LogP contribution >= 0.6 is 0 Å². The van der Waals surface area contributed by atoms with Crippen molar-refractivity contribution in [3.05, 3.63) is 99.2 Å². The van der Waals surface area contributed by atoms with Crippen molar-refractivity contribution in [2.75, 3.05) is 5.43 Å². The fraction of sp³-hybridized carbons (Fsp3) is 0.167. The van der Waals surface area contributed by atoms with Crippen LogP contribution in [0.4, 0.5) is 5.95 Å². The summed E-state index contributed by atoms with van der Waals surface area (Å²) in [4.78, 5) is 29.3. The highest BCUT2D eigenvalue weighted by Gasteiger charge is 2.18. The molecule has 0 saturated heterocycles. The molecule has 0 amide bonds. The van der Waals surface area contributed by atoms with Crippen LogP contribution < -0.4 is 21.4 Å². The number of aromatic nitrogens is 4. The molecule has 0 atom stereocenters. The Morgan fingerprint density at radius 3 is 2.48 bits per heavy atom. The first-order chi connectivity index (χ1) is 16.0. The lowest BCUT2D eigenvalue weighted by Gasteiger charge is -2.07. The third-order valence-corrected chi connectivity index (χ3v) is 5.17. The Balaban J connectivity index is 1.51. The quantitative estimate of drug-likeness (QED) is 0.256. The van der Waals surface area contributed by atoms with E-state index >= 15 is 0 Å². The maximum absolute atomic E-state index is 12.7. The second-order valence-corrected chi connectivity index (χ2v) is 7.43. The number of nitrogens with zero attached hydrogens (tertiary/aromatic N) is 5. The van der Waals surface area contributed by atoms with E-state index in [1.165, 1.54) is 11.6 Å². The van der Waals surface area contributed by atoms with Crippen molar-refractivity contribution >= 4 is 23.3 Å². The number of benzene rings is 2. The van der Waals surface area contributed by atoms with Crippen LogP contribution in [0.2, 0.25) is 0 Å². The molecule has 2 heterocycles. The molecule has 9 nitrogen and oxygen atoms in total. The van der Waals surface area contributed by atoms with E-state index in [2.05, 4.69) is 22.1 Å². The predicted octanol–water partition coefficient (Wildman–Crippen LogP) is 2.64. The normalized spacial score (nSPS) is 11.2. The van der Waals surface area contributed by atoms with Crippen LogP contribution in [0, 0.1) is 0 Å². The molecule has 2 aromatic carbocycles. The number of hydrogen-bond donors (Lipinski definition) is 1. The second kappa shape index (κ2) is 9.39. The Bertz CT molecular complexity index is 1430. The third kappa shape index (κ3) is 4.47. The lowest BCUT2D eigenvalue weighted by Crippen LogP contribution is -2.37. The predicted molar refractivity (Wildman–Crippen MR) is 129 cm³/mol. The highest BCUT2D eigenvalue weighted by Crippen LogP contribution is 2.16. The van der Waals surface area contributed by atoms with Gasteiger partial charge in [0.1, 0.15) is 12.4 Å². The van der Waals surface area contributed by atoms with Crippen LogP contribution in [0.15, 0.2) is 81.9 Å². The van der Waals surface area contributed by atoms with E-state index < -0.39 is 11.2 Å². The fourth-order valence-electron chi connectivity index (χ4n) is 3.39. The fourth-order valence-corrected chi connectivity index (χ4v) is 3.39. The van der Waals surface area contributed by atoms with Gasteiger partial charge in [0.05, 0.1) is 6.21 Å². The monoisotopic (exact) mass is 444 g/mol. The highest BCUT2D eigenvalue weighted by molar-refractivity contribution is 5.80. The SMILES string of the molecule is C=CCn1c(NN=Cc2ccc(OCc3ccccc3)cc2)nc2c1c(=O)n(C)c(=O)n2C. The van der Waals surface area contributed by atoms with Crippen LogP contribution in [0.25, 0.3) is 11.2 Å². The molecule has 0 aliphatic heterocycles. The maximum atomic E-state index is 12.7. The van der Waals surface area contributed by atoms with Crippen molar-refractivity contribution in [1.82, 2.24) is 18.7 Å². The number of imidazole rings is 1. The lowest BCUT2D eigenvalue weighted by atomic mass is 10.2. The molecular weight excluding hydrogens is 420 g/mol. The van der Waals surface area contributed by atoms with E-state index in [-0.39, 0.29) is 5.65 Å². The van der Waals surface area contributed by atoms with Crippen molar-refractivity contribution in [2.24, 2.45) is 19.2 Å². The average Bonchev–Trinajstić information content (AvgIpc) is 3.20. The summed E-state index contributed by atoms with van der Waals surface area (Å²) in [6, 6.07) is 17.5. The Hall–Kier alpha value is -4.40. The zero-order valence-corrected chi connectivity index (χ0v) is 18.4. The zero-order valence-electron chi connectivity index (χ0n) is 18.4. The van der Waals surface area contributed by atoms with Gasteiger partial charge in [-0.2, -0.15) is 10.1 Å². The molecule has 0 fully saturated rings. The van der Waals surface area contributed by atoms with Crippen LogP contribution in [-0.2, 0) is 27.2 Å². The first-order valence-corrected chi connectivity index (χ1v) is 10.3. The van der Waals surface area contributed by atoms with Gasteiger partial charge >= 0.3 is 5.69 Å². The van der Waals surface area contributed by atoms with Gasteiger partial charge in [0.25, 0.3) is 5.56 Å². The summed E-state index contributed by atoms with van der Waals surface area (Å²) in [5.41, 5.74) is 4.53. The number of anilines is 1. The molecule has 4 aromatic rings. The first-order valence-electron chi connectivity index (χ1n) is 10.3. The van der Waals surface area contributed by atoms with E-state index in [0.29, 0.717) is 24.6 Å². The molecule has 0 spiro atoms. The smallest absolute Gasteiger partial charge is 0.332 e. The number of ether oxygens (including phenoxy) is 1. The molecule has 0 saturated carbocycles. The molecule has 9 heteroatoms. The minimum absolute atomic E-state index is 0.280. The molecule has 0 aliphatic rings. The average molecular weight is 444 g/mol. The molecule has 0 bridgehead atoms. The highest BCUT2D eigenvalue weighted by atomic mass is 16.5. The van der Waals surface area contributed by atoms with Gasteiger partial charge in [-0.1, -0.05) is 36.4 Å². The van der Waals surface area contributed by atoms with E-state index in [9.17, 15) is 9.59 Å². The molecule has 33 heavy (non-hydrogen) atoms. The van der Waals surface area contributed by atoms with E-state index in [4.69, 9.17) is 4.74 Å². The van der Waals surface area contributed by atoms with Gasteiger partial charge in [0.2, 0.25) is 5.95 Å². The van der Waals surface area contributed by atoms with Crippen molar-refractivity contribution in [2.45, 2.75) is 13.2 Å². The number of nitrogens with one attached hydrogen (secondary N) is 1. The Labute approximate surface area is 189 Å². The van der Waals surface area contributed by atoms with Crippen molar-refractivity contribution in [3.8, 4) is 5.75 Å². The van der Waals surface area contributed by atoms with Crippen molar-refractivity contribution in [3.63, 3.8) is 0 Å². The number of hydrazone groups is 1. The molecule has 1 N–H and O–H groups in total. The summed E-state index contributed by atoms with van der Waals surface area (Å²) in [6.07, 6.45) is 3.28. The molecular formula is C24H24N6O3. The first kappa shape index (κ1) is 21.8. The van der Waals surface area contributed by atoms with Gasteiger partial charge in [-0.3, -0.25) is 18.5 Å². The standard InChI is InChI=1S/C24H24N6O3/c1-4-14-30-20-21(28(2)24(32)29(3)22(20)31)26-23(30)27-25-15-17-10-12-19(13-11-17)33-16-18-8-6-5-7-9-18/h4-13,15H,1,14,16H2,2-3H3,(H,26,27). The summed E-state index contributed by atoms with van der Waals surface area (Å²) < 4.78 is 9.82. The van der Waals surface area contributed by atoms with E-state index in [0.717, 1.165) is 21.4 Å². The van der Waals surface area contributed by atoms with Crippen LogP contribution in [0.1, 0.15) is 11.1 Å². The van der Waals surface area contributed by atoms with Crippen molar-refractivity contribution in [1.29, 1.82) is 0 Å². The van der Waals surface area contributed by atoms with Crippen LogP contribution in [-0.4, -0.2) is 24.9 Å². The van der Waals surface area contributed by atoms with E-state index in [1.54, 1.807) is 23.9 Å². The zero-order chi connectivity index (χ0) is 23.4. The molecule has 2 aromatic heterocycles. The summed E-state index contributed by atoms with van der Waals surface area (Å²) >= 11 is 0. The van der Waals surface area contributed by atoms with Gasteiger partial charge < -0.3 is 4.74 Å². The molecule has 168 valence electrons. The lowest BCUT2D eigenvalue weighted by molar-refractivity contribution is 0.306. The number of rotatable bonds is 8. The molecule has 0 unspecified atom stereocenters. The number of aryl methyl sites for hydroxylation is 1. The topological polar surface area (TPSA) is 95.4 Å². The van der Waals surface area contributed by atoms with E-state index in [1.807, 2.05) is 54.6 Å². The second-order valence-electron chi connectivity index (χ2n) is 7.43. The Morgan fingerprint density at radius 2 is 1.79 bits per heavy atom. The largest absolute Gasteiger partial charge is 0.489 e. The van der Waals surface area contributed by atoms with Gasteiger partial charge in [-0.25, -0.2) is 10.2 Å². The Kier molecular flexibility index (Phi) is 6.21. The minimum atomic E-state index is -0.444. The van der Waals surface area contributed by atoms with Gasteiger partial charge in [0.15, 0.2) is 11.2 Å². The maximum Gasteiger partial charge on any atom is 0.332 e. The summed E-state index contributed by atoms with van der Waals surface area (Å²) in [6.45, 7) is 4.57. The Morgan fingerprint density at radius 1 is 1.06 bits per heavy atom. The summed E-state index contributed by atoms with van der Waals surface area (Å²) in [5.74, 6) is 1.09. The summed E-state index contributed by atoms with van der Waals surface area (Å²) in [5, 5.41) is 4.25. The number of hydrogen-bond acceptors (Lipinski definition) is 6. The van der Waals surface area contributed by atoms with Gasteiger partial charge in [-0.15, -0.1) is 6.58 Å². The van der Waals surface area contributed by atoms with Gasteiger partial charge in [-0.05, 0) is 35.4 Å². The van der Waals surface area contributed by atoms with Crippen LogP contribution in [0.5, 0.6) is 5.75 Å². The third-order valence-electron chi connectivity index (χ3n) is 5.17. The summed E-state index contributed by atoms with van der Waals surface area (Å²) in [7, 11) is 3.01. The van der Waals surface area contributed by atoms with Crippen LogP contribution in [0.3, 0.4) is 0 Å². The number of allylic oxidation sites excluding steroid dienone is 1. The molecule has 4 rings (SSSR count). The minimum Gasteiger partial charge on any atom is -0.489 e. The van der Waals surface area contributed by atoms with Crippen molar-refractivity contribution < 1.29 is 4.74 Å². The number of fused-ring (bicyclic) bond motifs is 1.